The predicted molar refractivity (Wildman–Crippen MR) is 68.9 cm³/mol. The molecule has 0 aliphatic rings. The Bertz CT molecular complexity index is 382. The summed E-state index contributed by atoms with van der Waals surface area (Å²) in [5.74, 6) is 0.492. The number of hydrogen-bond donors (Lipinski definition) is 0. The molecule has 0 N–H and O–H groups in total. The van der Waals surface area contributed by atoms with Crippen LogP contribution in [0.5, 0.6) is 0 Å². The van der Waals surface area contributed by atoms with Crippen molar-refractivity contribution in [2.45, 2.75) is 34.1 Å². The standard InChI is InChI=1S/C14H19ClO/c1-9(2)14(16)11(4)7-12-6-5-10(3)13(15)8-12/h5-6,8-9,11H,7H2,1-4H3. The van der Waals surface area contributed by atoms with E-state index in [4.69, 9.17) is 11.6 Å². The highest BCUT2D eigenvalue weighted by atomic mass is 35.5. The lowest BCUT2D eigenvalue weighted by Gasteiger charge is -2.13. The number of ketones is 1. The van der Waals surface area contributed by atoms with Crippen LogP contribution in [-0.4, -0.2) is 5.78 Å². The summed E-state index contributed by atoms with van der Waals surface area (Å²) in [4.78, 5) is 11.8. The fourth-order valence-electron chi connectivity index (χ4n) is 1.79. The van der Waals surface area contributed by atoms with E-state index in [2.05, 4.69) is 0 Å². The molecule has 0 fully saturated rings. The molecule has 16 heavy (non-hydrogen) atoms. The van der Waals surface area contributed by atoms with Gasteiger partial charge in [0, 0.05) is 16.9 Å². The summed E-state index contributed by atoms with van der Waals surface area (Å²) in [5.41, 5.74) is 2.21. The van der Waals surface area contributed by atoms with Crippen LogP contribution < -0.4 is 0 Å². The first kappa shape index (κ1) is 13.2. The lowest BCUT2D eigenvalue weighted by atomic mass is 9.91. The minimum atomic E-state index is 0.0683. The van der Waals surface area contributed by atoms with Crippen molar-refractivity contribution in [1.82, 2.24) is 0 Å². The molecule has 88 valence electrons. The quantitative estimate of drug-likeness (QED) is 0.774. The normalized spacial score (nSPS) is 12.9. The Hall–Kier alpha value is -0.820. The molecule has 2 heteroatoms. The summed E-state index contributed by atoms with van der Waals surface area (Å²) in [6, 6.07) is 6.01. The zero-order chi connectivity index (χ0) is 12.3. The van der Waals surface area contributed by atoms with Crippen LogP contribution in [0, 0.1) is 18.8 Å². The second-order valence-corrected chi connectivity index (χ2v) is 5.15. The number of rotatable bonds is 4. The van der Waals surface area contributed by atoms with E-state index in [1.165, 1.54) is 0 Å². The highest BCUT2D eigenvalue weighted by Crippen LogP contribution is 2.20. The van der Waals surface area contributed by atoms with Crippen LogP contribution in [0.1, 0.15) is 31.9 Å². The van der Waals surface area contributed by atoms with Gasteiger partial charge in [0.2, 0.25) is 0 Å². The Morgan fingerprint density at radius 2 is 1.94 bits per heavy atom. The molecule has 1 unspecified atom stereocenters. The SMILES string of the molecule is Cc1ccc(CC(C)C(=O)C(C)C)cc1Cl. The second kappa shape index (κ2) is 5.49. The summed E-state index contributed by atoms with van der Waals surface area (Å²) >= 11 is 6.05. The maximum absolute atomic E-state index is 11.8. The van der Waals surface area contributed by atoms with Gasteiger partial charge in [0.25, 0.3) is 0 Å². The van der Waals surface area contributed by atoms with Crippen LogP contribution in [0.4, 0.5) is 0 Å². The molecule has 1 atom stereocenters. The topological polar surface area (TPSA) is 17.1 Å². The second-order valence-electron chi connectivity index (χ2n) is 4.75. The summed E-state index contributed by atoms with van der Waals surface area (Å²) in [7, 11) is 0. The first-order valence-corrected chi connectivity index (χ1v) is 6.08. The number of carbonyl (C=O) groups is 1. The summed E-state index contributed by atoms with van der Waals surface area (Å²) < 4.78 is 0. The van der Waals surface area contributed by atoms with Crippen molar-refractivity contribution >= 4 is 17.4 Å². The average Bonchev–Trinajstić information content (AvgIpc) is 2.22. The Morgan fingerprint density at radius 3 is 2.44 bits per heavy atom. The van der Waals surface area contributed by atoms with Crippen molar-refractivity contribution in [3.63, 3.8) is 0 Å². The smallest absolute Gasteiger partial charge is 0.138 e. The van der Waals surface area contributed by atoms with Gasteiger partial charge in [-0.05, 0) is 30.5 Å². The fraction of sp³-hybridized carbons (Fsp3) is 0.500. The Balaban J connectivity index is 2.73. The van der Waals surface area contributed by atoms with E-state index in [1.807, 2.05) is 45.9 Å². The molecule has 1 nitrogen and oxygen atoms in total. The molecular formula is C14H19ClO. The maximum atomic E-state index is 11.8. The molecule has 0 saturated carbocycles. The van der Waals surface area contributed by atoms with E-state index in [-0.39, 0.29) is 11.8 Å². The molecule has 0 amide bonds. The van der Waals surface area contributed by atoms with Gasteiger partial charge in [-0.3, -0.25) is 4.79 Å². The largest absolute Gasteiger partial charge is 0.299 e. The first-order valence-electron chi connectivity index (χ1n) is 5.70. The van der Waals surface area contributed by atoms with Crippen LogP contribution in [-0.2, 0) is 11.2 Å². The molecule has 0 spiro atoms. The lowest BCUT2D eigenvalue weighted by Crippen LogP contribution is -2.19. The average molecular weight is 239 g/mol. The van der Waals surface area contributed by atoms with Gasteiger partial charge in [-0.25, -0.2) is 0 Å². The van der Waals surface area contributed by atoms with Crippen LogP contribution >= 0.6 is 11.6 Å². The van der Waals surface area contributed by atoms with E-state index in [0.717, 1.165) is 22.6 Å². The Labute approximate surface area is 103 Å². The van der Waals surface area contributed by atoms with Gasteiger partial charge in [0.1, 0.15) is 5.78 Å². The Morgan fingerprint density at radius 1 is 1.31 bits per heavy atom. The molecule has 1 aromatic rings. The van der Waals surface area contributed by atoms with Gasteiger partial charge in [0.15, 0.2) is 0 Å². The molecule has 0 bridgehead atoms. The molecule has 1 rings (SSSR count). The van der Waals surface area contributed by atoms with Gasteiger partial charge < -0.3 is 0 Å². The van der Waals surface area contributed by atoms with Crippen LogP contribution in [0.15, 0.2) is 18.2 Å². The maximum Gasteiger partial charge on any atom is 0.138 e. The minimum absolute atomic E-state index is 0.0683. The van der Waals surface area contributed by atoms with E-state index < -0.39 is 0 Å². The third-order valence-electron chi connectivity index (χ3n) is 2.83. The van der Waals surface area contributed by atoms with Crippen molar-refractivity contribution in [2.75, 3.05) is 0 Å². The molecule has 0 aliphatic heterocycles. The van der Waals surface area contributed by atoms with E-state index in [0.29, 0.717) is 5.78 Å². The molecule has 0 heterocycles. The number of carbonyl (C=O) groups excluding carboxylic acids is 1. The molecular weight excluding hydrogens is 220 g/mol. The molecule has 0 radical (unpaired) electrons. The number of aryl methyl sites for hydroxylation is 1. The van der Waals surface area contributed by atoms with Gasteiger partial charge in [0.05, 0.1) is 0 Å². The first-order chi connectivity index (χ1) is 7.41. The van der Waals surface area contributed by atoms with Gasteiger partial charge >= 0.3 is 0 Å². The fourth-order valence-corrected chi connectivity index (χ4v) is 1.99. The van der Waals surface area contributed by atoms with Crippen LogP contribution in [0.3, 0.4) is 0 Å². The molecule has 0 saturated heterocycles. The highest BCUT2D eigenvalue weighted by Gasteiger charge is 2.16. The van der Waals surface area contributed by atoms with Gasteiger partial charge in [-0.2, -0.15) is 0 Å². The van der Waals surface area contributed by atoms with E-state index in [9.17, 15) is 4.79 Å². The number of benzene rings is 1. The minimum Gasteiger partial charge on any atom is -0.299 e. The van der Waals surface area contributed by atoms with E-state index in [1.54, 1.807) is 0 Å². The molecule has 1 aromatic carbocycles. The van der Waals surface area contributed by atoms with Crippen molar-refractivity contribution < 1.29 is 4.79 Å². The number of hydrogen-bond acceptors (Lipinski definition) is 1. The third-order valence-corrected chi connectivity index (χ3v) is 3.24. The van der Waals surface area contributed by atoms with Crippen LogP contribution in [0.2, 0.25) is 5.02 Å². The van der Waals surface area contributed by atoms with Crippen LogP contribution in [0.25, 0.3) is 0 Å². The zero-order valence-electron chi connectivity index (χ0n) is 10.4. The zero-order valence-corrected chi connectivity index (χ0v) is 11.1. The van der Waals surface area contributed by atoms with Crippen molar-refractivity contribution in [3.05, 3.63) is 34.3 Å². The monoisotopic (exact) mass is 238 g/mol. The summed E-state index contributed by atoms with van der Waals surface area (Å²) in [6.45, 7) is 7.85. The van der Waals surface area contributed by atoms with Crippen molar-refractivity contribution in [3.8, 4) is 0 Å². The van der Waals surface area contributed by atoms with Crippen molar-refractivity contribution in [2.24, 2.45) is 11.8 Å². The number of halogens is 1. The predicted octanol–water partition coefficient (Wildman–Crippen LogP) is 4.05. The molecule has 0 aromatic heterocycles. The molecule has 0 aliphatic carbocycles. The summed E-state index contributed by atoms with van der Waals surface area (Å²) in [5, 5.41) is 0.779. The lowest BCUT2D eigenvalue weighted by molar-refractivity contribution is -0.125. The highest BCUT2D eigenvalue weighted by molar-refractivity contribution is 6.31. The van der Waals surface area contributed by atoms with Gasteiger partial charge in [-0.1, -0.05) is 44.5 Å². The van der Waals surface area contributed by atoms with Crippen molar-refractivity contribution in [1.29, 1.82) is 0 Å². The van der Waals surface area contributed by atoms with Gasteiger partial charge in [-0.15, -0.1) is 0 Å². The number of Topliss-reactive ketones (excluding diaryl/α,β-unsaturated/α-hetero) is 1. The van der Waals surface area contributed by atoms with E-state index >= 15 is 0 Å². The third kappa shape index (κ3) is 3.34. The summed E-state index contributed by atoms with van der Waals surface area (Å²) in [6.07, 6.45) is 0.775. The Kier molecular flexibility index (Phi) is 4.55.